The van der Waals surface area contributed by atoms with Gasteiger partial charge in [0.1, 0.15) is 12.2 Å². The molecule has 1 aliphatic heterocycles. The Balaban J connectivity index is 2.29. The van der Waals surface area contributed by atoms with Gasteiger partial charge in [-0.25, -0.2) is 0 Å². The summed E-state index contributed by atoms with van der Waals surface area (Å²) < 4.78 is 16.9. The molecule has 0 radical (unpaired) electrons. The molecule has 0 aliphatic carbocycles. The van der Waals surface area contributed by atoms with Crippen molar-refractivity contribution in [3.63, 3.8) is 0 Å². The number of Topliss-reactive ketones (excluding diaryl/α,β-unsaturated/α-hetero) is 2. The summed E-state index contributed by atoms with van der Waals surface area (Å²) in [6.45, 7) is 8.33. The topological polar surface area (TPSA) is 96.0 Å². The van der Waals surface area contributed by atoms with Crippen LogP contribution in [0.1, 0.15) is 71.6 Å². The summed E-state index contributed by atoms with van der Waals surface area (Å²) in [5.74, 6) is -2.62. The molecule has 1 heterocycles. The van der Waals surface area contributed by atoms with Gasteiger partial charge in [0.25, 0.3) is 0 Å². The first kappa shape index (κ1) is 25.9. The summed E-state index contributed by atoms with van der Waals surface area (Å²) >= 11 is 0. The average Bonchev–Trinajstić information content (AvgIpc) is 3.10. The first-order chi connectivity index (χ1) is 14.3. The van der Waals surface area contributed by atoms with Crippen LogP contribution in [0.5, 0.6) is 0 Å². The van der Waals surface area contributed by atoms with Gasteiger partial charge in [-0.2, -0.15) is 0 Å². The number of carbonyl (C=O) groups is 4. The molecule has 1 saturated heterocycles. The van der Waals surface area contributed by atoms with E-state index in [0.29, 0.717) is 26.1 Å². The fraction of sp³-hybridized carbons (Fsp3) is 0.652. The van der Waals surface area contributed by atoms with Crippen molar-refractivity contribution >= 4 is 23.3 Å². The van der Waals surface area contributed by atoms with Crippen LogP contribution in [0.25, 0.3) is 0 Å². The molecule has 0 bridgehead atoms. The number of ketones is 3. The highest BCUT2D eigenvalue weighted by molar-refractivity contribution is 6.12. The maximum Gasteiger partial charge on any atom is 0.313 e. The van der Waals surface area contributed by atoms with Crippen LogP contribution in [0.2, 0.25) is 0 Å². The zero-order valence-corrected chi connectivity index (χ0v) is 18.2. The number of esters is 1. The van der Waals surface area contributed by atoms with Gasteiger partial charge in [-0.3, -0.25) is 19.2 Å². The van der Waals surface area contributed by atoms with Crippen molar-refractivity contribution < 1.29 is 33.4 Å². The summed E-state index contributed by atoms with van der Waals surface area (Å²) in [5, 5.41) is 0. The minimum absolute atomic E-state index is 0.333. The van der Waals surface area contributed by atoms with E-state index in [1.165, 1.54) is 12.2 Å². The predicted molar refractivity (Wildman–Crippen MR) is 112 cm³/mol. The van der Waals surface area contributed by atoms with Crippen molar-refractivity contribution in [2.24, 2.45) is 0 Å². The Bertz CT molecular complexity index is 629. The van der Waals surface area contributed by atoms with Crippen LogP contribution < -0.4 is 0 Å². The second-order valence-corrected chi connectivity index (χ2v) is 7.56. The lowest BCUT2D eigenvalue weighted by Gasteiger charge is -2.27. The monoisotopic (exact) mass is 422 g/mol. The van der Waals surface area contributed by atoms with E-state index in [0.717, 1.165) is 25.7 Å². The van der Waals surface area contributed by atoms with Gasteiger partial charge < -0.3 is 14.2 Å². The fourth-order valence-corrected chi connectivity index (χ4v) is 3.36. The third-order valence-corrected chi connectivity index (χ3v) is 4.74. The van der Waals surface area contributed by atoms with E-state index in [1.807, 2.05) is 6.08 Å². The number of allylic oxidation sites excluding steroid dienone is 3. The van der Waals surface area contributed by atoms with E-state index in [1.54, 1.807) is 13.8 Å². The summed E-state index contributed by atoms with van der Waals surface area (Å²) in [5.41, 5.74) is 0. The highest BCUT2D eigenvalue weighted by atomic mass is 16.7. The van der Waals surface area contributed by atoms with Crippen molar-refractivity contribution in [1.82, 2.24) is 0 Å². The van der Waals surface area contributed by atoms with Crippen LogP contribution in [-0.4, -0.2) is 48.4 Å². The van der Waals surface area contributed by atoms with Gasteiger partial charge in [0.2, 0.25) is 0 Å². The third kappa shape index (κ3) is 10.6. The van der Waals surface area contributed by atoms with Crippen LogP contribution in [0, 0.1) is 0 Å². The van der Waals surface area contributed by atoms with Gasteiger partial charge in [-0.1, -0.05) is 12.2 Å². The minimum Gasteiger partial charge on any atom is -0.462 e. The molecule has 0 spiro atoms. The van der Waals surface area contributed by atoms with Gasteiger partial charge in [0, 0.05) is 12.8 Å². The summed E-state index contributed by atoms with van der Waals surface area (Å²) in [4.78, 5) is 46.8. The van der Waals surface area contributed by atoms with Crippen LogP contribution in [-0.2, 0) is 33.4 Å². The van der Waals surface area contributed by atoms with Crippen LogP contribution >= 0.6 is 0 Å². The number of hydrogen-bond donors (Lipinski definition) is 0. The molecular weight excluding hydrogens is 388 g/mol. The number of ether oxygens (including phenoxy) is 3. The Kier molecular flexibility index (Phi) is 12.1. The lowest BCUT2D eigenvalue weighted by molar-refractivity contribution is -0.169. The van der Waals surface area contributed by atoms with Crippen molar-refractivity contribution in [2.75, 3.05) is 13.2 Å². The minimum atomic E-state index is -0.658. The largest absolute Gasteiger partial charge is 0.462 e. The van der Waals surface area contributed by atoms with E-state index >= 15 is 0 Å². The average molecular weight is 423 g/mol. The first-order valence-electron chi connectivity index (χ1n) is 10.6. The normalized spacial score (nSPS) is 16.3. The maximum atomic E-state index is 11.9. The Morgan fingerprint density at radius 1 is 1.03 bits per heavy atom. The molecule has 7 nitrogen and oxygen atoms in total. The standard InChI is InChI=1S/C23H34O7/c1-4-6-7-11-23(28-13-14-29-23)12-8-10-18(3)30-22(27)17-21(26)16-20(25)15-19(24)9-5-2/h4-5,9,18H,1,6-8,10-17H2,2-3H3/b9-5+/t18-/m0/s1. The number of carbonyl (C=O) groups excluding carboxylic acids is 4. The van der Waals surface area contributed by atoms with Gasteiger partial charge in [-0.15, -0.1) is 6.58 Å². The van der Waals surface area contributed by atoms with E-state index in [9.17, 15) is 19.2 Å². The Morgan fingerprint density at radius 3 is 2.30 bits per heavy atom. The Morgan fingerprint density at radius 2 is 1.67 bits per heavy atom. The quantitative estimate of drug-likeness (QED) is 0.123. The Labute approximate surface area is 178 Å². The number of unbranched alkanes of at least 4 members (excludes halogenated alkanes) is 1. The second kappa shape index (κ2) is 14.0. The molecule has 0 amide bonds. The lowest BCUT2D eigenvalue weighted by atomic mass is 10.0. The molecule has 0 N–H and O–H groups in total. The zero-order chi connectivity index (χ0) is 22.4. The van der Waals surface area contributed by atoms with Crippen molar-refractivity contribution in [3.8, 4) is 0 Å². The summed E-state index contributed by atoms with van der Waals surface area (Å²) in [6, 6.07) is 0. The van der Waals surface area contributed by atoms with E-state index < -0.39 is 36.2 Å². The molecule has 1 atom stereocenters. The van der Waals surface area contributed by atoms with E-state index in [4.69, 9.17) is 14.2 Å². The highest BCUT2D eigenvalue weighted by Gasteiger charge is 2.35. The number of rotatable bonds is 16. The molecular formula is C23H34O7. The van der Waals surface area contributed by atoms with Crippen LogP contribution in [0.3, 0.4) is 0 Å². The fourth-order valence-electron chi connectivity index (χ4n) is 3.36. The molecule has 1 fully saturated rings. The van der Waals surface area contributed by atoms with Crippen LogP contribution in [0.4, 0.5) is 0 Å². The predicted octanol–water partition coefficient (Wildman–Crippen LogP) is 3.64. The summed E-state index contributed by atoms with van der Waals surface area (Å²) in [6.07, 6.45) is 7.81. The zero-order valence-electron chi connectivity index (χ0n) is 18.2. The molecule has 0 aromatic rings. The molecule has 1 aliphatic rings. The molecule has 0 saturated carbocycles. The smallest absolute Gasteiger partial charge is 0.313 e. The molecule has 1 rings (SSSR count). The van der Waals surface area contributed by atoms with Gasteiger partial charge in [-0.05, 0) is 45.6 Å². The highest BCUT2D eigenvalue weighted by Crippen LogP contribution is 2.31. The second-order valence-electron chi connectivity index (χ2n) is 7.56. The SMILES string of the molecule is C=CCCCC1(CCC[C@H](C)OC(=O)CC(=O)CC(=O)CC(=O)/C=C/C)OCCO1. The molecule has 0 aromatic carbocycles. The molecule has 7 heteroatoms. The lowest BCUT2D eigenvalue weighted by Crippen LogP contribution is -2.30. The molecule has 0 unspecified atom stereocenters. The molecule has 168 valence electrons. The van der Waals surface area contributed by atoms with Gasteiger partial charge in [0.15, 0.2) is 17.4 Å². The summed E-state index contributed by atoms with van der Waals surface area (Å²) in [7, 11) is 0. The van der Waals surface area contributed by atoms with E-state index in [-0.39, 0.29) is 18.3 Å². The van der Waals surface area contributed by atoms with Gasteiger partial charge in [0.05, 0.1) is 32.2 Å². The van der Waals surface area contributed by atoms with Crippen molar-refractivity contribution in [3.05, 3.63) is 24.8 Å². The maximum absolute atomic E-state index is 11.9. The third-order valence-electron chi connectivity index (χ3n) is 4.74. The Hall–Kier alpha value is -2.12. The first-order valence-corrected chi connectivity index (χ1v) is 10.6. The van der Waals surface area contributed by atoms with E-state index in [2.05, 4.69) is 6.58 Å². The molecule has 0 aromatic heterocycles. The number of hydrogen-bond acceptors (Lipinski definition) is 7. The van der Waals surface area contributed by atoms with Crippen molar-refractivity contribution in [1.29, 1.82) is 0 Å². The van der Waals surface area contributed by atoms with Crippen molar-refractivity contribution in [2.45, 2.75) is 83.5 Å². The van der Waals surface area contributed by atoms with Crippen LogP contribution in [0.15, 0.2) is 24.8 Å². The molecule has 30 heavy (non-hydrogen) atoms. The van der Waals surface area contributed by atoms with Gasteiger partial charge >= 0.3 is 5.97 Å².